The Balaban J connectivity index is 2.92. The lowest BCUT2D eigenvalue weighted by Crippen LogP contribution is -2.56. The molecule has 0 aromatic carbocycles. The number of hydrogen-bond acceptors (Lipinski definition) is 6. The number of sulfonamides is 2. The van der Waals surface area contributed by atoms with Gasteiger partial charge in [0.25, 0.3) is 10.0 Å². The van der Waals surface area contributed by atoms with Crippen molar-refractivity contribution in [3.8, 4) is 0 Å². The Hall–Kier alpha value is -0.630. The number of alkyl halides is 8. The third-order valence-electron chi connectivity index (χ3n) is 3.08. The van der Waals surface area contributed by atoms with E-state index in [1.165, 1.54) is 0 Å². The van der Waals surface area contributed by atoms with E-state index >= 15 is 0 Å². The summed E-state index contributed by atoms with van der Waals surface area (Å²) in [5, 5.41) is 0. The van der Waals surface area contributed by atoms with Gasteiger partial charge in [-0.1, -0.05) is 0 Å². The molecule has 1 unspecified atom stereocenters. The van der Waals surface area contributed by atoms with Crippen molar-refractivity contribution in [2.24, 2.45) is 0 Å². The van der Waals surface area contributed by atoms with Gasteiger partial charge in [-0.05, 0) is 0 Å². The summed E-state index contributed by atoms with van der Waals surface area (Å²) in [5.74, 6) is 0. The van der Waals surface area contributed by atoms with E-state index in [-0.39, 0.29) is 8.43 Å². The highest BCUT2D eigenvalue weighted by atomic mass is 32.3. The number of piperazine rings is 1. The van der Waals surface area contributed by atoms with Gasteiger partial charge in [-0.15, -0.1) is 4.13 Å². The van der Waals surface area contributed by atoms with Crippen LogP contribution in [0.2, 0.25) is 0 Å². The number of hydrogen-bond donors (Lipinski definition) is 1. The summed E-state index contributed by atoms with van der Waals surface area (Å²) in [6.07, 6.45) is -4.64. The maximum absolute atomic E-state index is 13.8. The van der Waals surface area contributed by atoms with Gasteiger partial charge < -0.3 is 0 Å². The summed E-state index contributed by atoms with van der Waals surface area (Å²) < 4.78 is 151. The molecular weight excluding hydrogens is 466 g/mol. The van der Waals surface area contributed by atoms with Crippen molar-refractivity contribution in [1.82, 2.24) is 13.3 Å². The number of nitrogens with one attached hydrogen (secondary N) is 1. The number of halogens is 8. The zero-order chi connectivity index (χ0) is 21.5. The van der Waals surface area contributed by atoms with Gasteiger partial charge in [0.1, 0.15) is 0 Å². The second-order valence-corrected chi connectivity index (χ2v) is 10.5. The fraction of sp³-hybridized carbons (Fsp3) is 1.00. The van der Waals surface area contributed by atoms with E-state index in [1.807, 2.05) is 0 Å². The van der Waals surface area contributed by atoms with Gasteiger partial charge >= 0.3 is 26.3 Å². The maximum Gasteiger partial charge on any atom is 0.512 e. The van der Waals surface area contributed by atoms with Gasteiger partial charge in [0.15, 0.2) is 11.0 Å². The number of nitrogens with zero attached hydrogens (tertiary/aromatic N) is 2. The van der Waals surface area contributed by atoms with Crippen LogP contribution in [0.25, 0.3) is 0 Å². The molecule has 1 rings (SSSR count). The third kappa shape index (κ3) is 5.68. The smallest absolute Gasteiger partial charge is 0.292 e. The average molecular weight is 477 g/mol. The van der Waals surface area contributed by atoms with Crippen LogP contribution in [0, 0.1) is 0 Å². The molecule has 0 spiro atoms. The summed E-state index contributed by atoms with van der Waals surface area (Å²) in [6.45, 7) is -4.55. The van der Waals surface area contributed by atoms with Crippen molar-refractivity contribution in [3.05, 3.63) is 0 Å². The van der Waals surface area contributed by atoms with Crippen molar-refractivity contribution in [1.29, 1.82) is 0 Å². The summed E-state index contributed by atoms with van der Waals surface area (Å²) in [7, 11) is -17.1. The topological polar surface area (TPSA) is 104 Å². The van der Waals surface area contributed by atoms with Crippen LogP contribution in [0.5, 0.6) is 0 Å². The molecule has 1 N–H and O–H groups in total. The highest BCUT2D eigenvalue weighted by Crippen LogP contribution is 2.31. The van der Waals surface area contributed by atoms with Crippen LogP contribution in [0.1, 0.15) is 0 Å². The molecule has 19 heteroatoms. The first-order chi connectivity index (χ1) is 11.8. The zero-order valence-corrected chi connectivity index (χ0v) is 15.2. The van der Waals surface area contributed by atoms with Gasteiger partial charge in [-0.2, -0.15) is 39.4 Å². The molecule has 0 aliphatic carbocycles. The lowest BCUT2D eigenvalue weighted by molar-refractivity contribution is -0.148. The van der Waals surface area contributed by atoms with Crippen LogP contribution in [0.3, 0.4) is 0 Å². The first-order valence-electron chi connectivity index (χ1n) is 6.48. The Kier molecular flexibility index (Phi) is 6.92. The second-order valence-electron chi connectivity index (χ2n) is 5.06. The minimum absolute atomic E-state index is 0.0259. The van der Waals surface area contributed by atoms with E-state index in [2.05, 4.69) is 0 Å². The van der Waals surface area contributed by atoms with Crippen molar-refractivity contribution in [3.63, 3.8) is 0 Å². The van der Waals surface area contributed by atoms with Gasteiger partial charge in [-0.3, -0.25) is 4.90 Å². The maximum atomic E-state index is 13.8. The largest absolute Gasteiger partial charge is 0.512 e. The van der Waals surface area contributed by atoms with E-state index in [1.54, 1.807) is 0 Å². The van der Waals surface area contributed by atoms with Crippen molar-refractivity contribution in [2.45, 2.75) is 16.3 Å². The predicted molar refractivity (Wildman–Crippen MR) is 74.2 cm³/mol. The molecular formula is C8H11F8N3O5S3. The molecule has 0 saturated carbocycles. The minimum atomic E-state index is -6.55. The van der Waals surface area contributed by atoms with Crippen LogP contribution < -0.4 is 4.13 Å². The summed E-state index contributed by atoms with van der Waals surface area (Å²) >= 11 is 0. The van der Waals surface area contributed by atoms with Crippen LogP contribution in [0.15, 0.2) is 0 Å². The van der Waals surface area contributed by atoms with Crippen molar-refractivity contribution < 1.29 is 56.2 Å². The molecule has 1 aliphatic heterocycles. The van der Waals surface area contributed by atoms with Crippen LogP contribution in [-0.4, -0.2) is 79.2 Å². The lowest BCUT2D eigenvalue weighted by Gasteiger charge is -2.35. The molecule has 0 amide bonds. The second kappa shape index (κ2) is 7.65. The van der Waals surface area contributed by atoms with E-state index in [9.17, 15) is 56.2 Å². The molecule has 1 saturated heterocycles. The Morgan fingerprint density at radius 1 is 0.852 bits per heavy atom. The highest BCUT2D eigenvalue weighted by molar-refractivity contribution is 8.10. The van der Waals surface area contributed by atoms with Crippen LogP contribution >= 0.6 is 0 Å². The van der Waals surface area contributed by atoms with E-state index < -0.39 is 80.0 Å². The average Bonchev–Trinajstić information content (AvgIpc) is 2.44. The van der Waals surface area contributed by atoms with Gasteiger partial charge in [0.2, 0.25) is 0 Å². The molecule has 8 nitrogen and oxygen atoms in total. The first-order valence-corrected chi connectivity index (χ1v) is 10.6. The highest BCUT2D eigenvalue weighted by Gasteiger charge is 2.58. The minimum Gasteiger partial charge on any atom is -0.292 e. The third-order valence-corrected chi connectivity index (χ3v) is 8.34. The van der Waals surface area contributed by atoms with Gasteiger partial charge in [0.05, 0.1) is 6.54 Å². The molecule has 1 heterocycles. The molecule has 1 aliphatic rings. The molecule has 0 aromatic rings. The quantitative estimate of drug-likeness (QED) is 0.547. The van der Waals surface area contributed by atoms with Gasteiger partial charge in [-0.25, -0.2) is 21.0 Å². The molecule has 1 fully saturated rings. The Bertz CT molecular complexity index is 770. The van der Waals surface area contributed by atoms with Crippen LogP contribution in [-0.2, 0) is 31.0 Å². The van der Waals surface area contributed by atoms with E-state index in [0.717, 1.165) is 0 Å². The van der Waals surface area contributed by atoms with E-state index in [0.29, 0.717) is 4.90 Å². The van der Waals surface area contributed by atoms with Gasteiger partial charge in [0, 0.05) is 26.2 Å². The standard InChI is InChI=1S/C8H11F8N3O5S3/c9-6(10,11)5-18-1-3-19(4-2-18)27(23,24)8(15,16)25(20)17-26(21,22)7(12,13)14/h17H,1-5H2. The summed E-state index contributed by atoms with van der Waals surface area (Å²) in [4.78, 5) is 0.688. The molecule has 27 heavy (non-hydrogen) atoms. The molecule has 162 valence electrons. The number of rotatable bonds is 6. The fourth-order valence-corrected chi connectivity index (χ4v) is 5.72. The predicted octanol–water partition coefficient (Wildman–Crippen LogP) is 0.149. The normalized spacial score (nSPS) is 20.6. The summed E-state index contributed by atoms with van der Waals surface area (Å²) in [5.41, 5.74) is -6.13. The Morgan fingerprint density at radius 2 is 1.30 bits per heavy atom. The van der Waals surface area contributed by atoms with Crippen LogP contribution in [0.4, 0.5) is 35.1 Å². The lowest BCUT2D eigenvalue weighted by atomic mass is 10.3. The Labute approximate surface area is 150 Å². The monoisotopic (exact) mass is 477 g/mol. The molecule has 0 aromatic heterocycles. The van der Waals surface area contributed by atoms with Crippen molar-refractivity contribution in [2.75, 3.05) is 32.7 Å². The first kappa shape index (κ1) is 24.4. The fourth-order valence-electron chi connectivity index (χ4n) is 1.82. The molecule has 1 atom stereocenters. The molecule has 0 bridgehead atoms. The SMILES string of the molecule is O=S(NS(=O)(=O)C(F)(F)F)C(F)(F)S(=O)(=O)N1CCN(CC(F)(F)F)CC1. The molecule has 0 radical (unpaired) electrons. The Morgan fingerprint density at radius 3 is 1.67 bits per heavy atom. The van der Waals surface area contributed by atoms with Crippen molar-refractivity contribution >= 4 is 31.0 Å². The zero-order valence-electron chi connectivity index (χ0n) is 12.7. The van der Waals surface area contributed by atoms with E-state index in [4.69, 9.17) is 0 Å². The summed E-state index contributed by atoms with van der Waals surface area (Å²) in [6, 6.07) is 0.